The molecule has 4 rings (SSSR count). The van der Waals surface area contributed by atoms with Crippen molar-refractivity contribution < 1.29 is 43.2 Å². The zero-order chi connectivity index (χ0) is 22.0. The van der Waals surface area contributed by atoms with Crippen molar-refractivity contribution in [3.8, 4) is 0 Å². The van der Waals surface area contributed by atoms with Gasteiger partial charge in [-0.3, -0.25) is 4.79 Å². The van der Waals surface area contributed by atoms with Crippen molar-refractivity contribution in [2.45, 2.75) is 69.9 Å². The lowest BCUT2D eigenvalue weighted by Gasteiger charge is -2.31. The lowest BCUT2D eigenvalue weighted by atomic mass is 9.85. The van der Waals surface area contributed by atoms with Gasteiger partial charge in [0.05, 0.1) is 12.0 Å². The number of carbonyl (C=O) groups is 3. The largest absolute Gasteiger partial charge is 0.456 e. The average Bonchev–Trinajstić information content (AvgIpc) is 3.53. The summed E-state index contributed by atoms with van der Waals surface area (Å²) in [6.07, 6.45) is -1.59. The molecule has 3 aliphatic heterocycles. The van der Waals surface area contributed by atoms with Gasteiger partial charge in [0.2, 0.25) is 0 Å². The Labute approximate surface area is 173 Å². The highest BCUT2D eigenvalue weighted by molar-refractivity contribution is 5.91. The molecule has 0 aromatic carbocycles. The number of ether oxygens (including phenoxy) is 5. The summed E-state index contributed by atoms with van der Waals surface area (Å²) in [5, 5.41) is 11.1. The maximum absolute atomic E-state index is 12.8. The van der Waals surface area contributed by atoms with Crippen molar-refractivity contribution >= 4 is 17.9 Å². The molecular formula is C21H24O9. The van der Waals surface area contributed by atoms with E-state index in [1.165, 1.54) is 13.0 Å². The molecular weight excluding hydrogens is 396 g/mol. The Hall–Kier alpha value is -2.49. The van der Waals surface area contributed by atoms with E-state index in [2.05, 4.69) is 6.58 Å². The molecule has 162 valence electrons. The van der Waals surface area contributed by atoms with Gasteiger partial charge >= 0.3 is 17.9 Å². The summed E-state index contributed by atoms with van der Waals surface area (Å²) in [5.41, 5.74) is -0.313. The fourth-order valence-corrected chi connectivity index (χ4v) is 3.91. The summed E-state index contributed by atoms with van der Waals surface area (Å²) in [6, 6.07) is 0. The molecule has 1 aliphatic carbocycles. The number of carbonyl (C=O) groups excluding carboxylic acids is 3. The van der Waals surface area contributed by atoms with E-state index < -0.39 is 53.8 Å². The SMILES string of the molecule is C=C1C(=O)O[C@@H]2/C=C(\C)[C@H]3O[C@H]3/C=C(\OC(C)=O)[C@H](O)[C@@H](OC(=O)[C@@]3(C)O[C@@H]3C)[C@H]12. The zero-order valence-electron chi connectivity index (χ0n) is 17.1. The van der Waals surface area contributed by atoms with Crippen molar-refractivity contribution in [2.24, 2.45) is 5.92 Å². The van der Waals surface area contributed by atoms with E-state index >= 15 is 0 Å². The van der Waals surface area contributed by atoms with Crippen molar-refractivity contribution in [3.05, 3.63) is 35.6 Å². The molecule has 0 unspecified atom stereocenters. The standard InChI is InChI=1S/C21H24O9/c1-8-6-12-15(9(2)19(24)28-12)18(29-20(25)21(5)10(3)30-21)16(23)13(26-11(4)22)7-14-17(8)27-14/h6-7,10,12,14-18,23H,2H2,1,3-5H3/b8-6+,13-7-/t10-,12-,14+,15-,16+,17-,18+,21+/m1/s1. The Bertz CT molecular complexity index is 887. The Morgan fingerprint density at radius 1 is 1.27 bits per heavy atom. The molecule has 3 fully saturated rings. The van der Waals surface area contributed by atoms with Crippen LogP contribution in [-0.2, 0) is 38.1 Å². The van der Waals surface area contributed by atoms with Gasteiger partial charge in [-0.1, -0.05) is 6.58 Å². The van der Waals surface area contributed by atoms with Crippen molar-refractivity contribution in [1.82, 2.24) is 0 Å². The van der Waals surface area contributed by atoms with Crippen LogP contribution in [0, 0.1) is 5.92 Å². The van der Waals surface area contributed by atoms with Gasteiger partial charge in [0.1, 0.15) is 36.3 Å². The molecule has 0 bridgehead atoms. The number of aliphatic hydroxyl groups is 1. The van der Waals surface area contributed by atoms with Crippen LogP contribution in [-0.4, -0.2) is 65.2 Å². The number of aliphatic hydroxyl groups excluding tert-OH is 1. The summed E-state index contributed by atoms with van der Waals surface area (Å²) >= 11 is 0. The maximum atomic E-state index is 12.8. The summed E-state index contributed by atoms with van der Waals surface area (Å²) in [5.74, 6) is -3.03. The third kappa shape index (κ3) is 3.46. The van der Waals surface area contributed by atoms with Gasteiger partial charge in [0.15, 0.2) is 5.60 Å². The molecule has 30 heavy (non-hydrogen) atoms. The van der Waals surface area contributed by atoms with Crippen molar-refractivity contribution in [1.29, 1.82) is 0 Å². The minimum atomic E-state index is -1.56. The van der Waals surface area contributed by atoms with Crippen LogP contribution in [0.2, 0.25) is 0 Å². The Kier molecular flexibility index (Phi) is 4.87. The fourth-order valence-electron chi connectivity index (χ4n) is 3.91. The maximum Gasteiger partial charge on any atom is 0.341 e. The highest BCUT2D eigenvalue weighted by Crippen LogP contribution is 2.42. The number of hydrogen-bond acceptors (Lipinski definition) is 9. The summed E-state index contributed by atoms with van der Waals surface area (Å²) in [7, 11) is 0. The second-order valence-electron chi connectivity index (χ2n) is 8.20. The smallest absolute Gasteiger partial charge is 0.341 e. The van der Waals surface area contributed by atoms with Gasteiger partial charge in [0, 0.05) is 12.5 Å². The molecule has 1 N–H and O–H groups in total. The predicted octanol–water partition coefficient (Wildman–Crippen LogP) is 0.709. The van der Waals surface area contributed by atoms with Crippen LogP contribution in [0.5, 0.6) is 0 Å². The molecule has 9 heteroatoms. The van der Waals surface area contributed by atoms with Crippen molar-refractivity contribution in [2.75, 3.05) is 0 Å². The molecule has 4 aliphatic rings. The number of fused-ring (bicyclic) bond motifs is 2. The third-order valence-corrected chi connectivity index (χ3v) is 6.00. The lowest BCUT2D eigenvalue weighted by Crippen LogP contribution is -2.45. The molecule has 8 atom stereocenters. The van der Waals surface area contributed by atoms with Gasteiger partial charge in [-0.2, -0.15) is 0 Å². The molecule has 3 saturated heterocycles. The topological polar surface area (TPSA) is 124 Å². The molecule has 0 amide bonds. The van der Waals surface area contributed by atoms with E-state index in [-0.39, 0.29) is 23.5 Å². The normalized spacial score (nSPS) is 45.6. The number of esters is 3. The van der Waals surface area contributed by atoms with Gasteiger partial charge < -0.3 is 28.8 Å². The third-order valence-electron chi connectivity index (χ3n) is 6.00. The number of hydrogen-bond donors (Lipinski definition) is 1. The molecule has 0 aromatic heterocycles. The second kappa shape index (κ2) is 7.04. The Morgan fingerprint density at radius 3 is 2.53 bits per heavy atom. The highest BCUT2D eigenvalue weighted by Gasteiger charge is 2.59. The number of epoxide rings is 2. The quantitative estimate of drug-likeness (QED) is 0.231. The molecule has 9 nitrogen and oxygen atoms in total. The monoisotopic (exact) mass is 420 g/mol. The van der Waals surface area contributed by atoms with Crippen LogP contribution in [0.4, 0.5) is 0 Å². The first-order chi connectivity index (χ1) is 14.0. The number of rotatable bonds is 3. The molecule has 3 heterocycles. The van der Waals surface area contributed by atoms with E-state index in [1.54, 1.807) is 19.9 Å². The van der Waals surface area contributed by atoms with Crippen LogP contribution in [0.1, 0.15) is 27.7 Å². The van der Waals surface area contributed by atoms with Crippen LogP contribution in [0.15, 0.2) is 35.6 Å². The van der Waals surface area contributed by atoms with Gasteiger partial charge in [-0.05, 0) is 38.5 Å². The molecule has 0 aromatic rings. The first kappa shape index (κ1) is 20.8. The van der Waals surface area contributed by atoms with E-state index in [1.807, 2.05) is 6.92 Å². The summed E-state index contributed by atoms with van der Waals surface area (Å²) in [4.78, 5) is 36.7. The molecule has 0 spiro atoms. The zero-order valence-corrected chi connectivity index (χ0v) is 17.1. The van der Waals surface area contributed by atoms with Gasteiger partial charge in [-0.25, -0.2) is 9.59 Å². The first-order valence-electron chi connectivity index (χ1n) is 9.73. The van der Waals surface area contributed by atoms with Crippen LogP contribution >= 0.6 is 0 Å². The van der Waals surface area contributed by atoms with E-state index in [0.29, 0.717) is 0 Å². The van der Waals surface area contributed by atoms with Gasteiger partial charge in [0.25, 0.3) is 0 Å². The minimum Gasteiger partial charge on any atom is -0.456 e. The fraction of sp³-hybridized carbons (Fsp3) is 0.571. The minimum absolute atomic E-state index is 0.0480. The summed E-state index contributed by atoms with van der Waals surface area (Å²) in [6.45, 7) is 10.1. The average molecular weight is 420 g/mol. The molecule has 0 radical (unpaired) electrons. The van der Waals surface area contributed by atoms with E-state index in [4.69, 9.17) is 23.7 Å². The van der Waals surface area contributed by atoms with E-state index in [0.717, 1.165) is 5.57 Å². The highest BCUT2D eigenvalue weighted by atomic mass is 16.7. The molecule has 0 saturated carbocycles. The predicted molar refractivity (Wildman–Crippen MR) is 99.6 cm³/mol. The van der Waals surface area contributed by atoms with E-state index in [9.17, 15) is 19.5 Å². The summed E-state index contributed by atoms with van der Waals surface area (Å²) < 4.78 is 27.2. The Balaban J connectivity index is 1.75. The van der Waals surface area contributed by atoms with Crippen molar-refractivity contribution in [3.63, 3.8) is 0 Å². The van der Waals surface area contributed by atoms with Crippen LogP contribution in [0.25, 0.3) is 0 Å². The lowest BCUT2D eigenvalue weighted by molar-refractivity contribution is -0.166. The second-order valence-corrected chi connectivity index (χ2v) is 8.20. The first-order valence-corrected chi connectivity index (χ1v) is 9.73. The van der Waals surface area contributed by atoms with Gasteiger partial charge in [-0.15, -0.1) is 0 Å². The van der Waals surface area contributed by atoms with Crippen LogP contribution < -0.4 is 0 Å². The Morgan fingerprint density at radius 2 is 1.93 bits per heavy atom. The van der Waals surface area contributed by atoms with Crippen LogP contribution in [0.3, 0.4) is 0 Å².